The van der Waals surface area contributed by atoms with E-state index in [1.54, 1.807) is 43.3 Å². The molecule has 142 valence electrons. The van der Waals surface area contributed by atoms with Gasteiger partial charge in [0.15, 0.2) is 11.6 Å². The van der Waals surface area contributed by atoms with E-state index in [0.29, 0.717) is 22.7 Å². The second-order valence-corrected chi connectivity index (χ2v) is 7.54. The molecular formula is C19H17N5O3S. The SMILES string of the molecule is COc1ccc(S(=O)(=O)Nc2ccc(Nc3ccc(C#N)cc3)nn2)cc1C. The summed E-state index contributed by atoms with van der Waals surface area (Å²) in [6.45, 7) is 1.77. The third-order valence-electron chi connectivity index (χ3n) is 3.87. The van der Waals surface area contributed by atoms with Crippen molar-refractivity contribution < 1.29 is 13.2 Å². The number of aryl methyl sites for hydroxylation is 1. The van der Waals surface area contributed by atoms with Crippen LogP contribution in [0.25, 0.3) is 0 Å². The first kappa shape index (κ1) is 19.1. The highest BCUT2D eigenvalue weighted by molar-refractivity contribution is 7.92. The van der Waals surface area contributed by atoms with E-state index in [1.807, 2.05) is 6.07 Å². The Hall–Kier alpha value is -3.64. The molecule has 0 saturated heterocycles. The Labute approximate surface area is 162 Å². The average molecular weight is 395 g/mol. The van der Waals surface area contributed by atoms with Gasteiger partial charge in [-0.15, -0.1) is 10.2 Å². The number of anilines is 3. The molecule has 0 aliphatic carbocycles. The maximum Gasteiger partial charge on any atom is 0.263 e. The van der Waals surface area contributed by atoms with Crippen LogP contribution in [0.5, 0.6) is 5.75 Å². The average Bonchev–Trinajstić information content (AvgIpc) is 2.70. The molecule has 0 radical (unpaired) electrons. The summed E-state index contributed by atoms with van der Waals surface area (Å²) in [5, 5.41) is 19.7. The van der Waals surface area contributed by atoms with Gasteiger partial charge < -0.3 is 10.1 Å². The van der Waals surface area contributed by atoms with E-state index in [2.05, 4.69) is 20.2 Å². The number of ether oxygens (including phenoxy) is 1. The van der Waals surface area contributed by atoms with Crippen LogP contribution in [0.4, 0.5) is 17.3 Å². The third kappa shape index (κ3) is 4.36. The van der Waals surface area contributed by atoms with E-state index >= 15 is 0 Å². The van der Waals surface area contributed by atoms with Crippen molar-refractivity contribution in [3.63, 3.8) is 0 Å². The summed E-state index contributed by atoms with van der Waals surface area (Å²) in [6.07, 6.45) is 0. The number of hydrogen-bond donors (Lipinski definition) is 2. The van der Waals surface area contributed by atoms with Gasteiger partial charge in [-0.2, -0.15) is 5.26 Å². The molecular weight excluding hydrogens is 378 g/mol. The minimum absolute atomic E-state index is 0.0962. The van der Waals surface area contributed by atoms with Crippen LogP contribution in [0.1, 0.15) is 11.1 Å². The van der Waals surface area contributed by atoms with Gasteiger partial charge in [0, 0.05) is 5.69 Å². The number of nitrogens with one attached hydrogen (secondary N) is 2. The fourth-order valence-electron chi connectivity index (χ4n) is 2.44. The van der Waals surface area contributed by atoms with Crippen LogP contribution in [0.3, 0.4) is 0 Å². The van der Waals surface area contributed by atoms with Gasteiger partial charge >= 0.3 is 0 Å². The molecule has 2 aromatic carbocycles. The molecule has 1 heterocycles. The summed E-state index contributed by atoms with van der Waals surface area (Å²) in [7, 11) is -2.27. The fraction of sp³-hybridized carbons (Fsp3) is 0.105. The minimum Gasteiger partial charge on any atom is -0.496 e. The van der Waals surface area contributed by atoms with E-state index in [0.717, 1.165) is 5.69 Å². The summed E-state index contributed by atoms with van der Waals surface area (Å²) in [4.78, 5) is 0.104. The highest BCUT2D eigenvalue weighted by atomic mass is 32.2. The molecule has 3 aromatic rings. The lowest BCUT2D eigenvalue weighted by Gasteiger charge is -2.10. The highest BCUT2D eigenvalue weighted by Gasteiger charge is 2.16. The van der Waals surface area contributed by atoms with Crippen molar-refractivity contribution in [3.05, 3.63) is 65.7 Å². The molecule has 0 unspecified atom stereocenters. The molecule has 0 bridgehead atoms. The van der Waals surface area contributed by atoms with Crippen molar-refractivity contribution in [3.8, 4) is 11.8 Å². The van der Waals surface area contributed by atoms with E-state index in [-0.39, 0.29) is 10.7 Å². The number of aromatic nitrogens is 2. The normalized spacial score (nSPS) is 10.8. The fourth-order valence-corrected chi connectivity index (χ4v) is 3.53. The van der Waals surface area contributed by atoms with Crippen LogP contribution in [-0.4, -0.2) is 25.7 Å². The molecule has 0 atom stereocenters. The monoisotopic (exact) mass is 395 g/mol. The van der Waals surface area contributed by atoms with Gasteiger partial charge in [0.05, 0.1) is 23.6 Å². The van der Waals surface area contributed by atoms with Crippen molar-refractivity contribution >= 4 is 27.3 Å². The quantitative estimate of drug-likeness (QED) is 0.658. The molecule has 3 rings (SSSR count). The first-order chi connectivity index (χ1) is 13.4. The topological polar surface area (TPSA) is 117 Å². The summed E-state index contributed by atoms with van der Waals surface area (Å²) in [6, 6.07) is 16.6. The van der Waals surface area contributed by atoms with E-state index < -0.39 is 10.0 Å². The lowest BCUT2D eigenvalue weighted by atomic mass is 10.2. The number of hydrogen-bond acceptors (Lipinski definition) is 7. The molecule has 0 aliphatic rings. The zero-order chi connectivity index (χ0) is 20.1. The van der Waals surface area contributed by atoms with Crippen LogP contribution in [0.2, 0.25) is 0 Å². The largest absolute Gasteiger partial charge is 0.496 e. The molecule has 8 nitrogen and oxygen atoms in total. The maximum absolute atomic E-state index is 12.5. The summed E-state index contributed by atoms with van der Waals surface area (Å²) in [5.74, 6) is 1.14. The van der Waals surface area contributed by atoms with Crippen LogP contribution in [0.15, 0.2) is 59.5 Å². The zero-order valence-corrected chi connectivity index (χ0v) is 16.0. The van der Waals surface area contributed by atoms with Gasteiger partial charge in [0.2, 0.25) is 0 Å². The van der Waals surface area contributed by atoms with Gasteiger partial charge in [-0.05, 0) is 67.1 Å². The first-order valence-corrected chi connectivity index (χ1v) is 9.68. The van der Waals surface area contributed by atoms with Crippen molar-refractivity contribution in [1.29, 1.82) is 5.26 Å². The van der Waals surface area contributed by atoms with Crippen molar-refractivity contribution in [2.75, 3.05) is 17.1 Å². The molecule has 0 spiro atoms. The smallest absolute Gasteiger partial charge is 0.263 e. The predicted octanol–water partition coefficient (Wildman–Crippen LogP) is 3.21. The summed E-state index contributed by atoms with van der Waals surface area (Å²) < 4.78 is 32.6. The van der Waals surface area contributed by atoms with Gasteiger partial charge in [-0.3, -0.25) is 4.72 Å². The van der Waals surface area contributed by atoms with Crippen molar-refractivity contribution in [2.45, 2.75) is 11.8 Å². The minimum atomic E-state index is -3.80. The Balaban J connectivity index is 1.72. The van der Waals surface area contributed by atoms with Gasteiger partial charge in [-0.25, -0.2) is 8.42 Å². The van der Waals surface area contributed by atoms with Crippen LogP contribution in [-0.2, 0) is 10.0 Å². The van der Waals surface area contributed by atoms with E-state index in [4.69, 9.17) is 10.00 Å². The molecule has 1 aromatic heterocycles. The Morgan fingerprint density at radius 1 is 1.00 bits per heavy atom. The summed E-state index contributed by atoms with van der Waals surface area (Å²) >= 11 is 0. The van der Waals surface area contributed by atoms with Crippen molar-refractivity contribution in [2.24, 2.45) is 0 Å². The molecule has 0 aliphatic heterocycles. The third-order valence-corrected chi connectivity index (χ3v) is 5.22. The maximum atomic E-state index is 12.5. The van der Waals surface area contributed by atoms with Gasteiger partial charge in [0.25, 0.3) is 10.0 Å². The lowest BCUT2D eigenvalue weighted by molar-refractivity contribution is 0.411. The Morgan fingerprint density at radius 3 is 2.25 bits per heavy atom. The van der Waals surface area contributed by atoms with Gasteiger partial charge in [-0.1, -0.05) is 0 Å². The Morgan fingerprint density at radius 2 is 1.68 bits per heavy atom. The number of methoxy groups -OCH3 is 1. The molecule has 28 heavy (non-hydrogen) atoms. The number of nitrogens with zero attached hydrogens (tertiary/aromatic N) is 3. The number of nitriles is 1. The molecule has 2 N–H and O–H groups in total. The number of sulfonamides is 1. The van der Waals surface area contributed by atoms with Crippen LogP contribution < -0.4 is 14.8 Å². The first-order valence-electron chi connectivity index (χ1n) is 8.19. The predicted molar refractivity (Wildman–Crippen MR) is 105 cm³/mol. The highest BCUT2D eigenvalue weighted by Crippen LogP contribution is 2.23. The molecule has 0 fully saturated rings. The Kier molecular flexibility index (Phi) is 5.42. The number of rotatable bonds is 6. The Bertz CT molecular complexity index is 1120. The second-order valence-electron chi connectivity index (χ2n) is 5.85. The number of benzene rings is 2. The molecule has 9 heteroatoms. The lowest BCUT2D eigenvalue weighted by Crippen LogP contribution is -2.14. The zero-order valence-electron chi connectivity index (χ0n) is 15.2. The van der Waals surface area contributed by atoms with Crippen LogP contribution in [0, 0.1) is 18.3 Å². The molecule has 0 amide bonds. The molecule has 0 saturated carbocycles. The van der Waals surface area contributed by atoms with E-state index in [1.165, 1.54) is 25.3 Å². The van der Waals surface area contributed by atoms with E-state index in [9.17, 15) is 8.42 Å². The van der Waals surface area contributed by atoms with Gasteiger partial charge in [0.1, 0.15) is 5.75 Å². The van der Waals surface area contributed by atoms with Crippen molar-refractivity contribution in [1.82, 2.24) is 10.2 Å². The van der Waals surface area contributed by atoms with Crippen LogP contribution >= 0.6 is 0 Å². The standard InChI is InChI=1S/C19H17N5O3S/c1-13-11-16(7-8-17(13)27-2)28(25,26)24-19-10-9-18(22-23-19)21-15-5-3-14(12-20)4-6-15/h3-11H,1-2H3,(H,21,22)(H,23,24). The second kappa shape index (κ2) is 7.94. The summed E-state index contributed by atoms with van der Waals surface area (Å²) in [5.41, 5.74) is 1.99.